The molecular weight excluding hydrogens is 422 g/mol. The van der Waals surface area contributed by atoms with Gasteiger partial charge in [0.1, 0.15) is 0 Å². The first-order valence-electron chi connectivity index (χ1n) is 10.4. The van der Waals surface area contributed by atoms with Crippen molar-refractivity contribution in [2.75, 3.05) is 35.3 Å². The summed E-state index contributed by atoms with van der Waals surface area (Å²) in [7, 11) is 0. The molecule has 1 fully saturated rings. The van der Waals surface area contributed by atoms with Gasteiger partial charge in [-0.1, -0.05) is 12.1 Å². The molecule has 0 aliphatic carbocycles. The minimum atomic E-state index is 0.277. The van der Waals surface area contributed by atoms with Crippen LogP contribution in [0.4, 0.5) is 17.1 Å². The first-order chi connectivity index (χ1) is 15.7. The van der Waals surface area contributed by atoms with Crippen molar-refractivity contribution in [2.24, 2.45) is 0 Å². The van der Waals surface area contributed by atoms with E-state index in [1.807, 2.05) is 47.1 Å². The highest BCUT2D eigenvalue weighted by Crippen LogP contribution is 2.29. The van der Waals surface area contributed by atoms with E-state index < -0.39 is 0 Å². The van der Waals surface area contributed by atoms with Gasteiger partial charge in [-0.25, -0.2) is 9.50 Å². The number of hydrogen-bond donors (Lipinski definition) is 2. The average Bonchev–Trinajstić information content (AvgIpc) is 3.29. The molecule has 1 aromatic carbocycles. The summed E-state index contributed by atoms with van der Waals surface area (Å²) >= 11 is 5.40. The molecule has 0 spiro atoms. The normalized spacial score (nSPS) is 16.2. The molecule has 4 aromatic rings. The lowest BCUT2D eigenvalue weighted by molar-refractivity contribution is 0.0990. The monoisotopic (exact) mass is 445 g/mol. The van der Waals surface area contributed by atoms with Crippen molar-refractivity contribution in [3.05, 3.63) is 67.3 Å². The Kier molecular flexibility index (Phi) is 5.66. The van der Waals surface area contributed by atoms with E-state index in [4.69, 9.17) is 22.1 Å². The van der Waals surface area contributed by atoms with Gasteiger partial charge in [-0.05, 0) is 49.5 Å². The lowest BCUT2D eigenvalue weighted by Gasteiger charge is -2.35. The second kappa shape index (κ2) is 8.89. The highest BCUT2D eigenvalue weighted by molar-refractivity contribution is 7.80. The maximum Gasteiger partial charge on any atom is 0.177 e. The van der Waals surface area contributed by atoms with Crippen LogP contribution in [-0.2, 0) is 4.74 Å². The SMILES string of the molecule is C[C@H]1COCCN1c1cc(-c2ccc(NC(=S)Nc3cccnc3)cc2)nn2ccnc12. The smallest absolute Gasteiger partial charge is 0.177 e. The number of aromatic nitrogens is 4. The molecule has 9 heteroatoms. The minimum absolute atomic E-state index is 0.277. The number of hydrogen-bond acceptors (Lipinski definition) is 6. The Bertz CT molecular complexity index is 1230. The second-order valence-corrected chi connectivity index (χ2v) is 8.03. The summed E-state index contributed by atoms with van der Waals surface area (Å²) in [5.74, 6) is 0. The molecule has 0 unspecified atom stereocenters. The van der Waals surface area contributed by atoms with E-state index in [0.29, 0.717) is 18.3 Å². The molecule has 2 N–H and O–H groups in total. The van der Waals surface area contributed by atoms with Crippen LogP contribution in [0.25, 0.3) is 16.9 Å². The molecule has 0 amide bonds. The Balaban J connectivity index is 1.38. The minimum Gasteiger partial charge on any atom is -0.377 e. The van der Waals surface area contributed by atoms with E-state index in [2.05, 4.69) is 38.5 Å². The Hall–Kier alpha value is -3.56. The standard InChI is InChI=1S/C23H23N7OS/c1-16-15-31-12-11-29(16)21-13-20(28-30-10-9-25-22(21)30)17-4-6-18(7-5-17)26-23(32)27-19-3-2-8-24-14-19/h2-10,13-14,16H,11-12,15H2,1H3,(H2,26,27,32)/t16-/m0/s1. The van der Waals surface area contributed by atoms with E-state index >= 15 is 0 Å². The van der Waals surface area contributed by atoms with Gasteiger partial charge in [0, 0.05) is 42.4 Å². The Morgan fingerprint density at radius 3 is 2.75 bits per heavy atom. The molecule has 0 bridgehead atoms. The van der Waals surface area contributed by atoms with Gasteiger partial charge in [0.15, 0.2) is 10.8 Å². The predicted molar refractivity (Wildman–Crippen MR) is 130 cm³/mol. The third-order valence-electron chi connectivity index (χ3n) is 5.37. The Labute approximate surface area is 191 Å². The lowest BCUT2D eigenvalue weighted by atomic mass is 10.1. The molecule has 3 aromatic heterocycles. The second-order valence-electron chi connectivity index (χ2n) is 7.63. The van der Waals surface area contributed by atoms with Crippen molar-refractivity contribution in [1.29, 1.82) is 0 Å². The third-order valence-corrected chi connectivity index (χ3v) is 5.58. The zero-order valence-corrected chi connectivity index (χ0v) is 18.4. The van der Waals surface area contributed by atoms with E-state index in [-0.39, 0.29) is 6.04 Å². The number of rotatable bonds is 4. The number of anilines is 3. The number of thiocarbonyl (C=S) groups is 1. The fourth-order valence-corrected chi connectivity index (χ4v) is 4.03. The molecule has 5 rings (SSSR count). The zero-order chi connectivity index (χ0) is 21.9. The van der Waals surface area contributed by atoms with Gasteiger partial charge in [0.05, 0.1) is 36.5 Å². The number of benzene rings is 1. The summed E-state index contributed by atoms with van der Waals surface area (Å²) in [6.07, 6.45) is 7.11. The predicted octanol–water partition coefficient (Wildman–Crippen LogP) is 3.83. The van der Waals surface area contributed by atoms with Crippen LogP contribution < -0.4 is 15.5 Å². The molecule has 162 valence electrons. The van der Waals surface area contributed by atoms with E-state index in [9.17, 15) is 0 Å². The molecule has 32 heavy (non-hydrogen) atoms. The van der Waals surface area contributed by atoms with Crippen molar-refractivity contribution in [1.82, 2.24) is 19.6 Å². The lowest BCUT2D eigenvalue weighted by Crippen LogP contribution is -2.44. The number of imidazole rings is 1. The zero-order valence-electron chi connectivity index (χ0n) is 17.6. The summed E-state index contributed by atoms with van der Waals surface area (Å²) in [6, 6.07) is 14.2. The van der Waals surface area contributed by atoms with Crippen LogP contribution in [0.15, 0.2) is 67.3 Å². The first kappa shape index (κ1) is 20.3. The van der Waals surface area contributed by atoms with Gasteiger partial charge in [-0.2, -0.15) is 5.10 Å². The van der Waals surface area contributed by atoms with Gasteiger partial charge in [-0.15, -0.1) is 0 Å². The molecular formula is C23H23N7OS. The topological polar surface area (TPSA) is 79.6 Å². The largest absolute Gasteiger partial charge is 0.377 e. The van der Waals surface area contributed by atoms with Crippen LogP contribution in [-0.4, -0.2) is 50.5 Å². The van der Waals surface area contributed by atoms with Crippen LogP contribution in [0.5, 0.6) is 0 Å². The van der Waals surface area contributed by atoms with Gasteiger partial charge in [-0.3, -0.25) is 4.98 Å². The molecule has 1 aliphatic rings. The van der Waals surface area contributed by atoms with Gasteiger partial charge in [0.25, 0.3) is 0 Å². The van der Waals surface area contributed by atoms with Crippen LogP contribution in [0, 0.1) is 0 Å². The average molecular weight is 446 g/mol. The number of ether oxygens (including phenoxy) is 1. The summed E-state index contributed by atoms with van der Waals surface area (Å²) in [4.78, 5) is 10.9. The molecule has 4 heterocycles. The van der Waals surface area contributed by atoms with Crippen LogP contribution in [0.1, 0.15) is 6.92 Å². The van der Waals surface area contributed by atoms with Gasteiger partial charge in [0.2, 0.25) is 0 Å². The highest BCUT2D eigenvalue weighted by Gasteiger charge is 2.23. The fourth-order valence-electron chi connectivity index (χ4n) is 3.79. The summed E-state index contributed by atoms with van der Waals surface area (Å²) in [6.45, 7) is 4.42. The number of nitrogens with zero attached hydrogens (tertiary/aromatic N) is 5. The number of nitrogens with one attached hydrogen (secondary N) is 2. The van der Waals surface area contributed by atoms with Crippen LogP contribution in [0.3, 0.4) is 0 Å². The van der Waals surface area contributed by atoms with E-state index in [0.717, 1.165) is 40.5 Å². The van der Waals surface area contributed by atoms with Gasteiger partial charge < -0.3 is 20.3 Å². The van der Waals surface area contributed by atoms with Crippen molar-refractivity contribution in [3.63, 3.8) is 0 Å². The summed E-state index contributed by atoms with van der Waals surface area (Å²) < 4.78 is 7.45. The maximum atomic E-state index is 5.61. The number of pyridine rings is 1. The fraction of sp³-hybridized carbons (Fsp3) is 0.217. The quantitative estimate of drug-likeness (QED) is 0.459. The van der Waals surface area contributed by atoms with Crippen molar-refractivity contribution in [2.45, 2.75) is 13.0 Å². The molecule has 0 radical (unpaired) electrons. The highest BCUT2D eigenvalue weighted by atomic mass is 32.1. The van der Waals surface area contributed by atoms with E-state index in [1.54, 1.807) is 18.6 Å². The molecule has 0 saturated carbocycles. The Morgan fingerprint density at radius 2 is 1.97 bits per heavy atom. The van der Waals surface area contributed by atoms with E-state index in [1.165, 1.54) is 0 Å². The molecule has 1 saturated heterocycles. The maximum absolute atomic E-state index is 5.61. The number of fused-ring (bicyclic) bond motifs is 1. The van der Waals surface area contributed by atoms with Crippen LogP contribution in [0.2, 0.25) is 0 Å². The van der Waals surface area contributed by atoms with Crippen molar-refractivity contribution < 1.29 is 4.74 Å². The summed E-state index contributed by atoms with van der Waals surface area (Å²) in [5, 5.41) is 11.6. The van der Waals surface area contributed by atoms with Crippen molar-refractivity contribution >= 4 is 40.0 Å². The first-order valence-corrected chi connectivity index (χ1v) is 10.9. The number of morpholine rings is 1. The Morgan fingerprint density at radius 1 is 1.12 bits per heavy atom. The van der Waals surface area contributed by atoms with Gasteiger partial charge >= 0.3 is 0 Å². The van der Waals surface area contributed by atoms with Crippen molar-refractivity contribution in [3.8, 4) is 11.3 Å². The van der Waals surface area contributed by atoms with Crippen LogP contribution >= 0.6 is 12.2 Å². The summed E-state index contributed by atoms with van der Waals surface area (Å²) in [5.41, 5.74) is 5.55. The third kappa shape index (κ3) is 4.25. The molecule has 1 aliphatic heterocycles. The molecule has 8 nitrogen and oxygen atoms in total. The molecule has 1 atom stereocenters.